The molecule has 4 nitrogen and oxygen atoms in total. The summed E-state index contributed by atoms with van der Waals surface area (Å²) in [6, 6.07) is 5.18. The maximum atomic E-state index is 14.1. The van der Waals surface area contributed by atoms with Gasteiger partial charge in [-0.3, -0.25) is 0 Å². The Balaban J connectivity index is 2.01. The first-order valence-corrected chi connectivity index (χ1v) is 5.91. The van der Waals surface area contributed by atoms with E-state index in [1.807, 2.05) is 0 Å². The SMILES string of the molecule is COc1ccc(OCC2(F)CCNC2)cc1OC. The molecule has 1 unspecified atom stereocenters. The van der Waals surface area contributed by atoms with E-state index in [0.29, 0.717) is 36.8 Å². The molecule has 1 heterocycles. The second kappa shape index (κ2) is 5.44. The molecule has 0 amide bonds. The Morgan fingerprint density at radius 1 is 1.28 bits per heavy atom. The van der Waals surface area contributed by atoms with Crippen molar-refractivity contribution in [2.24, 2.45) is 0 Å². The van der Waals surface area contributed by atoms with Gasteiger partial charge in [-0.05, 0) is 25.1 Å². The van der Waals surface area contributed by atoms with E-state index in [2.05, 4.69) is 5.32 Å². The summed E-state index contributed by atoms with van der Waals surface area (Å²) in [6.45, 7) is 1.10. The van der Waals surface area contributed by atoms with Crippen molar-refractivity contribution in [2.75, 3.05) is 33.9 Å². The third kappa shape index (κ3) is 2.85. The second-order valence-corrected chi connectivity index (χ2v) is 4.38. The summed E-state index contributed by atoms with van der Waals surface area (Å²) in [7, 11) is 3.12. The summed E-state index contributed by atoms with van der Waals surface area (Å²) in [5.74, 6) is 1.78. The molecule has 0 aliphatic carbocycles. The average Bonchev–Trinajstić information content (AvgIpc) is 2.83. The maximum Gasteiger partial charge on any atom is 0.164 e. The van der Waals surface area contributed by atoms with E-state index in [1.165, 1.54) is 0 Å². The second-order valence-electron chi connectivity index (χ2n) is 4.38. The molecule has 100 valence electrons. The Hall–Kier alpha value is -1.49. The highest BCUT2D eigenvalue weighted by atomic mass is 19.1. The zero-order valence-electron chi connectivity index (χ0n) is 10.7. The van der Waals surface area contributed by atoms with Crippen LogP contribution < -0.4 is 19.5 Å². The highest BCUT2D eigenvalue weighted by molar-refractivity contribution is 5.45. The van der Waals surface area contributed by atoms with Gasteiger partial charge in [0.1, 0.15) is 12.4 Å². The largest absolute Gasteiger partial charge is 0.493 e. The summed E-state index contributed by atoms with van der Waals surface area (Å²) in [5.41, 5.74) is -1.27. The van der Waals surface area contributed by atoms with Gasteiger partial charge in [-0.15, -0.1) is 0 Å². The summed E-state index contributed by atoms with van der Waals surface area (Å²) in [5, 5.41) is 2.99. The third-order valence-corrected chi connectivity index (χ3v) is 3.04. The molecule has 0 bridgehead atoms. The third-order valence-electron chi connectivity index (χ3n) is 3.04. The predicted octanol–water partition coefficient (Wildman–Crippen LogP) is 1.78. The summed E-state index contributed by atoms with van der Waals surface area (Å²) in [6.07, 6.45) is 0.486. The van der Waals surface area contributed by atoms with Crippen molar-refractivity contribution in [2.45, 2.75) is 12.1 Å². The fraction of sp³-hybridized carbons (Fsp3) is 0.538. The molecule has 0 spiro atoms. The minimum absolute atomic E-state index is 0.0511. The normalized spacial score (nSPS) is 22.8. The lowest BCUT2D eigenvalue weighted by atomic mass is 10.1. The van der Waals surface area contributed by atoms with Crippen molar-refractivity contribution in [3.8, 4) is 17.2 Å². The molecule has 2 rings (SSSR count). The van der Waals surface area contributed by atoms with Gasteiger partial charge in [0, 0.05) is 12.6 Å². The Morgan fingerprint density at radius 2 is 2.06 bits per heavy atom. The average molecular weight is 255 g/mol. The molecule has 18 heavy (non-hydrogen) atoms. The Bertz CT molecular complexity index is 405. The van der Waals surface area contributed by atoms with Crippen molar-refractivity contribution in [1.29, 1.82) is 0 Å². The van der Waals surface area contributed by atoms with Gasteiger partial charge >= 0.3 is 0 Å². The number of methoxy groups -OCH3 is 2. The Kier molecular flexibility index (Phi) is 3.91. The summed E-state index contributed by atoms with van der Waals surface area (Å²) < 4.78 is 29.9. The molecule has 1 atom stereocenters. The van der Waals surface area contributed by atoms with Crippen LogP contribution in [0.5, 0.6) is 17.2 Å². The van der Waals surface area contributed by atoms with Gasteiger partial charge in [0.25, 0.3) is 0 Å². The fourth-order valence-corrected chi connectivity index (χ4v) is 1.96. The topological polar surface area (TPSA) is 39.7 Å². The van der Waals surface area contributed by atoms with Crippen molar-refractivity contribution >= 4 is 0 Å². The van der Waals surface area contributed by atoms with E-state index >= 15 is 0 Å². The van der Waals surface area contributed by atoms with Crippen molar-refractivity contribution in [3.63, 3.8) is 0 Å². The van der Waals surface area contributed by atoms with Crippen LogP contribution in [0, 0.1) is 0 Å². The van der Waals surface area contributed by atoms with Gasteiger partial charge in [0.2, 0.25) is 0 Å². The predicted molar refractivity (Wildman–Crippen MR) is 66.4 cm³/mol. The van der Waals surface area contributed by atoms with Crippen LogP contribution in [0.3, 0.4) is 0 Å². The number of rotatable bonds is 5. The number of nitrogens with one attached hydrogen (secondary N) is 1. The lowest BCUT2D eigenvalue weighted by molar-refractivity contribution is 0.103. The van der Waals surface area contributed by atoms with Gasteiger partial charge in [-0.2, -0.15) is 0 Å². The molecule has 1 fully saturated rings. The van der Waals surface area contributed by atoms with Crippen LogP contribution in [-0.2, 0) is 0 Å². The first kappa shape index (κ1) is 13.0. The summed E-state index contributed by atoms with van der Waals surface area (Å²) in [4.78, 5) is 0. The molecule has 1 aromatic rings. The molecule has 0 radical (unpaired) electrons. The van der Waals surface area contributed by atoms with Crippen molar-refractivity contribution in [3.05, 3.63) is 18.2 Å². The molecular formula is C13H18FNO3. The standard InChI is InChI=1S/C13H18FNO3/c1-16-11-4-3-10(7-12(11)17-2)18-9-13(14)5-6-15-8-13/h3-4,7,15H,5-6,8-9H2,1-2H3. The minimum atomic E-state index is -1.27. The fourth-order valence-electron chi connectivity index (χ4n) is 1.96. The zero-order chi connectivity index (χ0) is 13.0. The Morgan fingerprint density at radius 3 is 2.67 bits per heavy atom. The number of benzene rings is 1. The van der Waals surface area contributed by atoms with Crippen LogP contribution >= 0.6 is 0 Å². The molecule has 1 aromatic carbocycles. The number of hydrogen-bond donors (Lipinski definition) is 1. The molecule has 1 N–H and O–H groups in total. The molecular weight excluding hydrogens is 237 g/mol. The maximum absolute atomic E-state index is 14.1. The van der Waals surface area contributed by atoms with Crippen LogP contribution in [0.1, 0.15) is 6.42 Å². The molecule has 1 aliphatic rings. The van der Waals surface area contributed by atoms with Crippen molar-refractivity contribution in [1.82, 2.24) is 5.32 Å². The first-order valence-electron chi connectivity index (χ1n) is 5.91. The van der Waals surface area contributed by atoms with Gasteiger partial charge in [-0.25, -0.2) is 4.39 Å². The van der Waals surface area contributed by atoms with E-state index in [-0.39, 0.29) is 6.61 Å². The number of ether oxygens (including phenoxy) is 3. The lowest BCUT2D eigenvalue weighted by Gasteiger charge is -2.19. The minimum Gasteiger partial charge on any atom is -0.493 e. The van der Waals surface area contributed by atoms with Crippen LogP contribution in [-0.4, -0.2) is 39.6 Å². The highest BCUT2D eigenvalue weighted by Crippen LogP contribution is 2.31. The molecule has 0 saturated carbocycles. The van der Waals surface area contributed by atoms with Crippen LogP contribution in [0.15, 0.2) is 18.2 Å². The van der Waals surface area contributed by atoms with E-state index in [1.54, 1.807) is 32.4 Å². The van der Waals surface area contributed by atoms with Gasteiger partial charge < -0.3 is 19.5 Å². The van der Waals surface area contributed by atoms with E-state index in [4.69, 9.17) is 14.2 Å². The van der Waals surface area contributed by atoms with E-state index < -0.39 is 5.67 Å². The van der Waals surface area contributed by atoms with Crippen LogP contribution in [0.25, 0.3) is 0 Å². The van der Waals surface area contributed by atoms with Crippen molar-refractivity contribution < 1.29 is 18.6 Å². The molecule has 5 heteroatoms. The summed E-state index contributed by atoms with van der Waals surface area (Å²) >= 11 is 0. The van der Waals surface area contributed by atoms with Crippen LogP contribution in [0.2, 0.25) is 0 Å². The van der Waals surface area contributed by atoms with Crippen LogP contribution in [0.4, 0.5) is 4.39 Å². The quantitative estimate of drug-likeness (QED) is 0.870. The van der Waals surface area contributed by atoms with Gasteiger partial charge in [0.15, 0.2) is 17.2 Å². The molecule has 1 aliphatic heterocycles. The van der Waals surface area contributed by atoms with E-state index in [9.17, 15) is 4.39 Å². The monoisotopic (exact) mass is 255 g/mol. The smallest absolute Gasteiger partial charge is 0.164 e. The highest BCUT2D eigenvalue weighted by Gasteiger charge is 2.34. The zero-order valence-corrected chi connectivity index (χ0v) is 10.7. The lowest BCUT2D eigenvalue weighted by Crippen LogP contribution is -2.33. The van der Waals surface area contributed by atoms with Gasteiger partial charge in [-0.1, -0.05) is 0 Å². The molecule has 0 aromatic heterocycles. The first-order chi connectivity index (χ1) is 8.67. The van der Waals surface area contributed by atoms with Gasteiger partial charge in [0.05, 0.1) is 14.2 Å². The number of halogens is 1. The van der Waals surface area contributed by atoms with E-state index in [0.717, 1.165) is 0 Å². The number of alkyl halides is 1. The molecule has 1 saturated heterocycles. The Labute approximate surface area is 106 Å². The number of hydrogen-bond acceptors (Lipinski definition) is 4.